The average molecular weight is 465 g/mol. The summed E-state index contributed by atoms with van der Waals surface area (Å²) in [6.45, 7) is 4.83. The Kier molecular flexibility index (Phi) is 5.76. The SMILES string of the molecule is CC(OP(=O)(N1CC1)N1CC1)c1ccc([N+](=O)[O-])c(Oc2ccccc2-c2ccccc2)c1. The quantitative estimate of drug-likeness (QED) is 0.169. The third kappa shape index (κ3) is 4.56. The zero-order valence-electron chi connectivity index (χ0n) is 18.2. The molecule has 2 heterocycles. The van der Waals surface area contributed by atoms with Gasteiger partial charge in [-0.15, -0.1) is 0 Å². The van der Waals surface area contributed by atoms with Crippen molar-refractivity contribution in [3.8, 4) is 22.6 Å². The number of hydrogen-bond acceptors (Lipinski definition) is 5. The maximum Gasteiger partial charge on any atom is 0.346 e. The van der Waals surface area contributed by atoms with Gasteiger partial charge in [-0.2, -0.15) is 0 Å². The Hall–Kier alpha value is -3.03. The lowest BCUT2D eigenvalue weighted by molar-refractivity contribution is -0.385. The molecule has 8 nitrogen and oxygen atoms in total. The van der Waals surface area contributed by atoms with Crippen LogP contribution in [0.2, 0.25) is 0 Å². The summed E-state index contributed by atoms with van der Waals surface area (Å²) in [4.78, 5) is 11.2. The molecule has 33 heavy (non-hydrogen) atoms. The normalized spacial score (nSPS) is 16.9. The standard InChI is InChI=1S/C24H24N3O5P/c1-18(32-33(30,25-13-14-25)26-15-16-26)20-11-12-22(27(28)29)24(17-20)31-23-10-6-5-9-21(23)19-7-3-2-4-8-19/h2-12,17-18H,13-16H2,1H3. The number of nitrogens with zero attached hydrogens (tertiary/aromatic N) is 3. The second kappa shape index (κ2) is 8.72. The van der Waals surface area contributed by atoms with Gasteiger partial charge < -0.3 is 4.74 Å². The number of para-hydroxylation sites is 1. The molecule has 0 aromatic heterocycles. The lowest BCUT2D eigenvalue weighted by atomic mass is 10.0. The average Bonchev–Trinajstić information content (AvgIpc) is 3.72. The Labute approximate surface area is 192 Å². The second-order valence-corrected chi connectivity index (χ2v) is 10.4. The van der Waals surface area contributed by atoms with E-state index in [1.54, 1.807) is 18.2 Å². The molecule has 0 radical (unpaired) electrons. The monoisotopic (exact) mass is 465 g/mol. The zero-order valence-corrected chi connectivity index (χ0v) is 19.1. The van der Waals surface area contributed by atoms with Crippen molar-refractivity contribution in [2.45, 2.75) is 13.0 Å². The number of hydrogen-bond donors (Lipinski definition) is 0. The summed E-state index contributed by atoms with van der Waals surface area (Å²) in [5.74, 6) is 0.626. The molecule has 0 N–H and O–H groups in total. The maximum atomic E-state index is 13.4. The molecule has 2 saturated heterocycles. The van der Waals surface area contributed by atoms with Gasteiger partial charge in [0.1, 0.15) is 5.75 Å². The fraction of sp³-hybridized carbons (Fsp3) is 0.250. The van der Waals surface area contributed by atoms with Crippen LogP contribution >= 0.6 is 7.67 Å². The van der Waals surface area contributed by atoms with Gasteiger partial charge in [0.2, 0.25) is 5.75 Å². The van der Waals surface area contributed by atoms with Gasteiger partial charge >= 0.3 is 13.4 Å². The van der Waals surface area contributed by atoms with Gasteiger partial charge in [0.05, 0.1) is 11.0 Å². The molecule has 5 rings (SSSR count). The number of nitro groups is 1. The van der Waals surface area contributed by atoms with Crippen LogP contribution in [0.1, 0.15) is 18.6 Å². The van der Waals surface area contributed by atoms with Gasteiger partial charge in [0.15, 0.2) is 0 Å². The summed E-state index contributed by atoms with van der Waals surface area (Å²) in [6, 6.07) is 21.8. The number of nitro benzene ring substituents is 1. The van der Waals surface area contributed by atoms with Crippen molar-refractivity contribution in [3.05, 3.63) is 88.5 Å². The van der Waals surface area contributed by atoms with E-state index < -0.39 is 18.7 Å². The van der Waals surface area contributed by atoms with Gasteiger partial charge in [-0.05, 0) is 36.2 Å². The highest BCUT2D eigenvalue weighted by molar-refractivity contribution is 7.54. The van der Waals surface area contributed by atoms with Crippen LogP contribution in [0.4, 0.5) is 5.69 Å². The van der Waals surface area contributed by atoms with Crippen LogP contribution in [0.3, 0.4) is 0 Å². The Morgan fingerprint density at radius 3 is 2.18 bits per heavy atom. The third-order valence-corrected chi connectivity index (χ3v) is 8.52. The van der Waals surface area contributed by atoms with E-state index in [1.165, 1.54) is 6.07 Å². The van der Waals surface area contributed by atoms with Crippen molar-refractivity contribution in [2.24, 2.45) is 0 Å². The lowest BCUT2D eigenvalue weighted by Crippen LogP contribution is -2.10. The topological polar surface area (TPSA) is 84.7 Å². The summed E-state index contributed by atoms with van der Waals surface area (Å²) in [7, 11) is -3.03. The Morgan fingerprint density at radius 1 is 0.909 bits per heavy atom. The van der Waals surface area contributed by atoms with Crippen LogP contribution in [0.5, 0.6) is 11.5 Å². The molecular weight excluding hydrogens is 441 g/mol. The molecule has 0 bridgehead atoms. The number of benzene rings is 3. The molecule has 0 saturated carbocycles. The van der Waals surface area contributed by atoms with Crippen LogP contribution < -0.4 is 4.74 Å². The zero-order chi connectivity index (χ0) is 23.0. The highest BCUT2D eigenvalue weighted by Crippen LogP contribution is 2.63. The fourth-order valence-electron chi connectivity index (χ4n) is 3.72. The molecule has 2 fully saturated rings. The summed E-state index contributed by atoms with van der Waals surface area (Å²) in [5.41, 5.74) is 2.29. The van der Waals surface area contributed by atoms with Crippen molar-refractivity contribution >= 4 is 13.4 Å². The Morgan fingerprint density at radius 2 is 1.55 bits per heavy atom. The minimum atomic E-state index is -3.03. The lowest BCUT2D eigenvalue weighted by Gasteiger charge is -2.24. The molecule has 2 aliphatic rings. The fourth-order valence-corrected chi connectivity index (χ4v) is 6.07. The summed E-state index contributed by atoms with van der Waals surface area (Å²) in [6.07, 6.45) is -0.524. The highest BCUT2D eigenvalue weighted by atomic mass is 31.2. The molecule has 1 atom stereocenters. The Bertz CT molecular complexity index is 1210. The summed E-state index contributed by atoms with van der Waals surface area (Å²) < 4.78 is 29.2. The molecule has 170 valence electrons. The molecule has 3 aromatic rings. The van der Waals surface area contributed by atoms with E-state index in [4.69, 9.17) is 9.26 Å². The summed E-state index contributed by atoms with van der Waals surface area (Å²) >= 11 is 0. The first-order valence-corrected chi connectivity index (χ1v) is 12.4. The van der Waals surface area contributed by atoms with Gasteiger partial charge in [-0.25, -0.2) is 9.34 Å². The molecule has 0 aliphatic carbocycles. The van der Waals surface area contributed by atoms with Gasteiger partial charge in [-0.3, -0.25) is 19.2 Å². The number of ether oxygens (including phenoxy) is 1. The van der Waals surface area contributed by atoms with Gasteiger partial charge in [0.25, 0.3) is 0 Å². The van der Waals surface area contributed by atoms with E-state index in [2.05, 4.69) is 0 Å². The van der Waals surface area contributed by atoms with Gasteiger partial charge in [-0.1, -0.05) is 48.5 Å². The van der Waals surface area contributed by atoms with E-state index >= 15 is 0 Å². The predicted octanol–water partition coefficient (Wildman–Crippen LogP) is 5.87. The van der Waals surface area contributed by atoms with E-state index in [0.717, 1.165) is 37.3 Å². The predicted molar refractivity (Wildman–Crippen MR) is 125 cm³/mol. The molecular formula is C24H24N3O5P. The first-order chi connectivity index (χ1) is 16.0. The smallest absolute Gasteiger partial charge is 0.346 e. The van der Waals surface area contributed by atoms with Crippen LogP contribution in [0, 0.1) is 10.1 Å². The number of rotatable bonds is 9. The van der Waals surface area contributed by atoms with Crippen molar-refractivity contribution in [1.82, 2.24) is 9.34 Å². The van der Waals surface area contributed by atoms with E-state index in [0.29, 0.717) is 11.3 Å². The molecule has 0 amide bonds. The van der Waals surface area contributed by atoms with Crippen LogP contribution in [0.25, 0.3) is 11.1 Å². The van der Waals surface area contributed by atoms with Crippen LogP contribution in [-0.4, -0.2) is 40.4 Å². The molecule has 3 aromatic carbocycles. The molecule has 2 aliphatic heterocycles. The maximum absolute atomic E-state index is 13.4. The van der Waals surface area contributed by atoms with Gasteiger partial charge in [0, 0.05) is 37.8 Å². The molecule has 9 heteroatoms. The van der Waals surface area contributed by atoms with E-state index in [1.807, 2.05) is 64.8 Å². The second-order valence-electron chi connectivity index (χ2n) is 8.09. The van der Waals surface area contributed by atoms with Crippen LogP contribution in [0.15, 0.2) is 72.8 Å². The largest absolute Gasteiger partial charge is 0.449 e. The minimum absolute atomic E-state index is 0.115. The van der Waals surface area contributed by atoms with Crippen molar-refractivity contribution in [3.63, 3.8) is 0 Å². The van der Waals surface area contributed by atoms with Crippen LogP contribution in [-0.2, 0) is 9.09 Å². The van der Waals surface area contributed by atoms with Crippen molar-refractivity contribution in [2.75, 3.05) is 26.2 Å². The van der Waals surface area contributed by atoms with E-state index in [9.17, 15) is 14.7 Å². The highest BCUT2D eigenvalue weighted by Gasteiger charge is 2.50. The molecule has 0 spiro atoms. The Balaban J connectivity index is 1.46. The minimum Gasteiger partial charge on any atom is -0.449 e. The molecule has 1 unspecified atom stereocenters. The van der Waals surface area contributed by atoms with Crippen molar-refractivity contribution in [1.29, 1.82) is 0 Å². The van der Waals surface area contributed by atoms with E-state index in [-0.39, 0.29) is 11.4 Å². The first-order valence-electron chi connectivity index (χ1n) is 10.9. The third-order valence-electron chi connectivity index (χ3n) is 5.70. The van der Waals surface area contributed by atoms with Crippen molar-refractivity contribution < 1.29 is 18.7 Å². The first kappa shape index (κ1) is 21.8. The summed E-state index contributed by atoms with van der Waals surface area (Å²) in [5, 5.41) is 11.7.